The fraction of sp³-hybridized carbons (Fsp3) is 0.190. The second kappa shape index (κ2) is 9.65. The Kier molecular flexibility index (Phi) is 6.97. The summed E-state index contributed by atoms with van der Waals surface area (Å²) in [5, 5.41) is 6.11. The zero-order chi connectivity index (χ0) is 21.7. The van der Waals surface area contributed by atoms with E-state index in [4.69, 9.17) is 27.9 Å². The number of hydrogen-bond acceptors (Lipinski definition) is 4. The Morgan fingerprint density at radius 3 is 2.47 bits per heavy atom. The van der Waals surface area contributed by atoms with Crippen molar-refractivity contribution >= 4 is 35.0 Å². The van der Waals surface area contributed by atoms with Gasteiger partial charge in [-0.25, -0.2) is 4.98 Å². The summed E-state index contributed by atoms with van der Waals surface area (Å²) >= 11 is 11.8. The van der Waals surface area contributed by atoms with Crippen molar-refractivity contribution in [2.75, 3.05) is 13.7 Å². The third-order valence-corrected chi connectivity index (χ3v) is 5.20. The summed E-state index contributed by atoms with van der Waals surface area (Å²) in [6, 6.07) is 11.3. The molecule has 1 unspecified atom stereocenters. The molecule has 1 heterocycles. The zero-order valence-electron chi connectivity index (χ0n) is 16.4. The largest absolute Gasteiger partial charge is 0.497 e. The summed E-state index contributed by atoms with van der Waals surface area (Å²) in [6.07, 6.45) is 3.45. The van der Waals surface area contributed by atoms with Crippen LogP contribution in [0.25, 0.3) is 0 Å². The van der Waals surface area contributed by atoms with E-state index >= 15 is 0 Å². The smallest absolute Gasteiger partial charge is 0.251 e. The summed E-state index contributed by atoms with van der Waals surface area (Å²) in [5.74, 6) is 0.566. The molecule has 0 bridgehead atoms. The number of amides is 2. The van der Waals surface area contributed by atoms with Gasteiger partial charge in [0.25, 0.3) is 5.91 Å². The molecule has 0 spiro atoms. The van der Waals surface area contributed by atoms with Crippen molar-refractivity contribution in [2.45, 2.75) is 6.04 Å². The molecule has 0 aliphatic heterocycles. The summed E-state index contributed by atoms with van der Waals surface area (Å²) in [5.41, 5.74) is 1.14. The van der Waals surface area contributed by atoms with E-state index in [1.807, 2.05) is 35.9 Å². The molecule has 0 aliphatic carbocycles. The Morgan fingerprint density at radius 1 is 1.13 bits per heavy atom. The maximum atomic E-state index is 12.6. The van der Waals surface area contributed by atoms with Crippen molar-refractivity contribution in [3.63, 3.8) is 0 Å². The van der Waals surface area contributed by atoms with Crippen LogP contribution in [0.15, 0.2) is 54.9 Å². The maximum Gasteiger partial charge on any atom is 0.251 e. The number of carbonyl (C=O) groups excluding carboxylic acids is 2. The van der Waals surface area contributed by atoms with Gasteiger partial charge in [-0.1, -0.05) is 35.3 Å². The molecule has 0 radical (unpaired) electrons. The van der Waals surface area contributed by atoms with Crippen LogP contribution in [-0.4, -0.2) is 35.0 Å². The number of imidazole rings is 1. The van der Waals surface area contributed by atoms with E-state index in [0.717, 1.165) is 5.56 Å². The van der Waals surface area contributed by atoms with Crippen LogP contribution < -0.4 is 15.4 Å². The maximum absolute atomic E-state index is 12.6. The average molecular weight is 447 g/mol. The first-order chi connectivity index (χ1) is 14.4. The lowest BCUT2D eigenvalue weighted by atomic mass is 10.1. The Bertz CT molecular complexity index is 1050. The van der Waals surface area contributed by atoms with Crippen molar-refractivity contribution in [3.05, 3.63) is 81.9 Å². The topological polar surface area (TPSA) is 85.2 Å². The normalized spacial score (nSPS) is 11.6. The summed E-state index contributed by atoms with van der Waals surface area (Å²) in [4.78, 5) is 29.2. The number of carbonyl (C=O) groups is 2. The number of nitrogens with one attached hydrogen (secondary N) is 2. The number of nitrogens with zero attached hydrogens (tertiary/aromatic N) is 2. The molecule has 0 fully saturated rings. The SMILES string of the molecule is COc1ccc(C(NC(=O)CNC(=O)c2ccc(Cl)c(Cl)c2)c2nccn2C)cc1. The van der Waals surface area contributed by atoms with Gasteiger partial charge < -0.3 is 19.9 Å². The fourth-order valence-corrected chi connectivity index (χ4v) is 3.16. The van der Waals surface area contributed by atoms with E-state index < -0.39 is 11.9 Å². The van der Waals surface area contributed by atoms with Gasteiger partial charge in [-0.2, -0.15) is 0 Å². The molecule has 0 aliphatic rings. The van der Waals surface area contributed by atoms with Crippen molar-refractivity contribution in [1.29, 1.82) is 0 Å². The average Bonchev–Trinajstić information content (AvgIpc) is 3.18. The Labute approximate surface area is 184 Å². The van der Waals surface area contributed by atoms with Gasteiger partial charge >= 0.3 is 0 Å². The van der Waals surface area contributed by atoms with Gasteiger partial charge in [0.2, 0.25) is 5.91 Å². The van der Waals surface area contributed by atoms with E-state index in [0.29, 0.717) is 22.2 Å². The number of aromatic nitrogens is 2. The first-order valence-electron chi connectivity index (χ1n) is 9.03. The van der Waals surface area contributed by atoms with Crippen LogP contribution in [0.2, 0.25) is 10.0 Å². The molecule has 2 amide bonds. The lowest BCUT2D eigenvalue weighted by Crippen LogP contribution is -2.39. The molecule has 0 saturated carbocycles. The van der Waals surface area contributed by atoms with Crippen LogP contribution in [0.4, 0.5) is 0 Å². The first kappa shape index (κ1) is 21.7. The van der Waals surface area contributed by atoms with Crippen LogP contribution in [-0.2, 0) is 11.8 Å². The molecule has 3 rings (SSSR count). The monoisotopic (exact) mass is 446 g/mol. The minimum atomic E-state index is -0.495. The van der Waals surface area contributed by atoms with Crippen LogP contribution in [0, 0.1) is 0 Å². The van der Waals surface area contributed by atoms with Gasteiger partial charge in [-0.15, -0.1) is 0 Å². The van der Waals surface area contributed by atoms with Crippen molar-refractivity contribution < 1.29 is 14.3 Å². The zero-order valence-corrected chi connectivity index (χ0v) is 17.9. The van der Waals surface area contributed by atoms with Crippen LogP contribution >= 0.6 is 23.2 Å². The summed E-state index contributed by atoms with van der Waals surface area (Å²) in [6.45, 7) is -0.212. The molecular weight excluding hydrogens is 427 g/mol. The Hall–Kier alpha value is -3.03. The minimum absolute atomic E-state index is 0.212. The van der Waals surface area contributed by atoms with Gasteiger partial charge in [0.1, 0.15) is 17.6 Å². The molecule has 7 nitrogen and oxygen atoms in total. The molecule has 156 valence electrons. The second-order valence-corrected chi connectivity index (χ2v) is 7.30. The Morgan fingerprint density at radius 2 is 1.87 bits per heavy atom. The number of methoxy groups -OCH3 is 1. The molecule has 3 aromatic rings. The predicted octanol–water partition coefficient (Wildman–Crippen LogP) is 3.37. The van der Waals surface area contributed by atoms with Crippen molar-refractivity contribution in [3.8, 4) is 5.75 Å². The standard InChI is InChI=1S/C21H20Cl2N4O3/c1-27-10-9-24-20(27)19(13-3-6-15(30-2)7-4-13)26-18(28)12-25-21(29)14-5-8-16(22)17(23)11-14/h3-11,19H,12H2,1-2H3,(H,25,29)(H,26,28). The number of aryl methyl sites for hydroxylation is 1. The molecule has 0 saturated heterocycles. The number of halogens is 2. The minimum Gasteiger partial charge on any atom is -0.497 e. The highest BCUT2D eigenvalue weighted by molar-refractivity contribution is 6.42. The van der Waals surface area contributed by atoms with Crippen molar-refractivity contribution in [2.24, 2.45) is 7.05 Å². The number of rotatable bonds is 7. The van der Waals surface area contributed by atoms with Gasteiger partial charge in [0.05, 0.1) is 23.7 Å². The van der Waals surface area contributed by atoms with E-state index in [-0.39, 0.29) is 17.5 Å². The van der Waals surface area contributed by atoms with E-state index in [1.54, 1.807) is 19.5 Å². The highest BCUT2D eigenvalue weighted by atomic mass is 35.5. The molecule has 1 atom stereocenters. The number of hydrogen-bond donors (Lipinski definition) is 2. The predicted molar refractivity (Wildman–Crippen MR) is 115 cm³/mol. The third kappa shape index (κ3) is 5.11. The quantitative estimate of drug-likeness (QED) is 0.582. The third-order valence-electron chi connectivity index (χ3n) is 4.46. The highest BCUT2D eigenvalue weighted by Gasteiger charge is 2.21. The number of benzene rings is 2. The van der Waals surface area contributed by atoms with Gasteiger partial charge in [0, 0.05) is 25.0 Å². The van der Waals surface area contributed by atoms with E-state index in [9.17, 15) is 9.59 Å². The lowest BCUT2D eigenvalue weighted by Gasteiger charge is -2.19. The molecule has 2 aromatic carbocycles. The second-order valence-electron chi connectivity index (χ2n) is 6.48. The first-order valence-corrected chi connectivity index (χ1v) is 9.78. The molecule has 30 heavy (non-hydrogen) atoms. The summed E-state index contributed by atoms with van der Waals surface area (Å²) in [7, 11) is 3.43. The molecule has 9 heteroatoms. The van der Waals surface area contributed by atoms with Crippen molar-refractivity contribution in [1.82, 2.24) is 20.2 Å². The highest BCUT2D eigenvalue weighted by Crippen LogP contribution is 2.23. The molecule has 2 N–H and O–H groups in total. The Balaban J connectivity index is 1.70. The fourth-order valence-electron chi connectivity index (χ4n) is 2.86. The summed E-state index contributed by atoms with van der Waals surface area (Å²) < 4.78 is 7.02. The molecule has 1 aromatic heterocycles. The molecular formula is C21H20Cl2N4O3. The van der Waals surface area contributed by atoms with Crippen LogP contribution in [0.5, 0.6) is 5.75 Å². The van der Waals surface area contributed by atoms with Gasteiger partial charge in [-0.3, -0.25) is 9.59 Å². The lowest BCUT2D eigenvalue weighted by molar-refractivity contribution is -0.120. The number of ether oxygens (including phenoxy) is 1. The van der Waals surface area contributed by atoms with Gasteiger partial charge in [0.15, 0.2) is 0 Å². The van der Waals surface area contributed by atoms with E-state index in [1.165, 1.54) is 18.2 Å². The van der Waals surface area contributed by atoms with Gasteiger partial charge in [-0.05, 0) is 35.9 Å². The van der Waals surface area contributed by atoms with Crippen LogP contribution in [0.1, 0.15) is 27.8 Å². The van der Waals surface area contributed by atoms with Crippen LogP contribution in [0.3, 0.4) is 0 Å². The van der Waals surface area contributed by atoms with E-state index in [2.05, 4.69) is 15.6 Å².